The lowest BCUT2D eigenvalue weighted by molar-refractivity contribution is -0.142. The van der Waals surface area contributed by atoms with Crippen molar-refractivity contribution in [3.63, 3.8) is 0 Å². The van der Waals surface area contributed by atoms with Crippen LogP contribution < -0.4 is 0 Å². The normalized spacial score (nSPS) is 16.2. The Balaban J connectivity index is 2.46. The Morgan fingerprint density at radius 3 is 2.56 bits per heavy atom. The monoisotopic (exact) mass is 252 g/mol. The molecule has 0 aliphatic heterocycles. The zero-order chi connectivity index (χ0) is 11.8. The Hall–Kier alpha value is -0.710. The first-order chi connectivity index (χ1) is 7.54. The SMILES string of the molecule is FC(F)(F)c1nn(CCCl)c2c1CCCC2. The Labute approximate surface area is 96.4 Å². The fourth-order valence-corrected chi connectivity index (χ4v) is 2.32. The maximum Gasteiger partial charge on any atom is 0.435 e. The summed E-state index contributed by atoms with van der Waals surface area (Å²) >= 11 is 5.56. The van der Waals surface area contributed by atoms with Gasteiger partial charge in [0.25, 0.3) is 0 Å². The topological polar surface area (TPSA) is 17.8 Å². The Bertz CT molecular complexity index is 384. The molecule has 2 nitrogen and oxygen atoms in total. The van der Waals surface area contributed by atoms with Crippen molar-refractivity contribution in [2.75, 3.05) is 5.88 Å². The van der Waals surface area contributed by atoms with Gasteiger partial charge in [0.2, 0.25) is 0 Å². The van der Waals surface area contributed by atoms with Crippen LogP contribution in [0.3, 0.4) is 0 Å². The second-order valence-corrected chi connectivity index (χ2v) is 4.27. The van der Waals surface area contributed by atoms with Gasteiger partial charge in [-0.2, -0.15) is 18.3 Å². The molecule has 16 heavy (non-hydrogen) atoms. The van der Waals surface area contributed by atoms with Crippen molar-refractivity contribution in [2.24, 2.45) is 0 Å². The molecule has 0 radical (unpaired) electrons. The number of hydrogen-bond donors (Lipinski definition) is 0. The molecule has 2 rings (SSSR count). The third-order valence-electron chi connectivity index (χ3n) is 2.82. The van der Waals surface area contributed by atoms with Gasteiger partial charge in [0.1, 0.15) is 0 Å². The third-order valence-corrected chi connectivity index (χ3v) is 2.99. The van der Waals surface area contributed by atoms with Crippen LogP contribution in [0.1, 0.15) is 29.8 Å². The van der Waals surface area contributed by atoms with Crippen LogP contribution in [0, 0.1) is 0 Å². The number of aromatic nitrogens is 2. The predicted molar refractivity (Wildman–Crippen MR) is 54.6 cm³/mol. The maximum atomic E-state index is 12.7. The summed E-state index contributed by atoms with van der Waals surface area (Å²) in [4.78, 5) is 0. The average molecular weight is 253 g/mol. The molecule has 0 N–H and O–H groups in total. The highest BCUT2D eigenvalue weighted by Crippen LogP contribution is 2.35. The van der Waals surface area contributed by atoms with E-state index in [0.717, 1.165) is 18.5 Å². The molecule has 1 aromatic heterocycles. The van der Waals surface area contributed by atoms with Crippen molar-refractivity contribution in [2.45, 2.75) is 38.4 Å². The van der Waals surface area contributed by atoms with Crippen LogP contribution in [0.5, 0.6) is 0 Å². The van der Waals surface area contributed by atoms with Crippen molar-refractivity contribution in [1.82, 2.24) is 9.78 Å². The molecule has 1 aliphatic carbocycles. The number of fused-ring (bicyclic) bond motifs is 1. The third kappa shape index (κ3) is 2.05. The summed E-state index contributed by atoms with van der Waals surface area (Å²) in [5.41, 5.74) is 0.385. The molecule has 0 fully saturated rings. The smallest absolute Gasteiger partial charge is 0.268 e. The first kappa shape index (κ1) is 11.8. The molecule has 0 spiro atoms. The first-order valence-electron chi connectivity index (χ1n) is 5.25. The maximum absolute atomic E-state index is 12.7. The minimum absolute atomic E-state index is 0.283. The van der Waals surface area contributed by atoms with E-state index in [0.29, 0.717) is 24.9 Å². The number of aryl methyl sites for hydroxylation is 1. The highest BCUT2D eigenvalue weighted by molar-refractivity contribution is 6.17. The molecule has 0 saturated heterocycles. The van der Waals surface area contributed by atoms with Crippen LogP contribution in [-0.2, 0) is 25.6 Å². The van der Waals surface area contributed by atoms with Crippen LogP contribution >= 0.6 is 11.6 Å². The van der Waals surface area contributed by atoms with Gasteiger partial charge in [0.15, 0.2) is 5.69 Å². The summed E-state index contributed by atoms with van der Waals surface area (Å²) in [6.07, 6.45) is -1.46. The van der Waals surface area contributed by atoms with Crippen LogP contribution in [-0.4, -0.2) is 15.7 Å². The number of nitrogens with zero attached hydrogens (tertiary/aromatic N) is 2. The lowest BCUT2D eigenvalue weighted by atomic mass is 9.95. The molecule has 0 saturated carbocycles. The lowest BCUT2D eigenvalue weighted by Crippen LogP contribution is -2.11. The molecular weight excluding hydrogens is 241 g/mol. The van der Waals surface area contributed by atoms with Gasteiger partial charge in [-0.1, -0.05) is 0 Å². The second-order valence-electron chi connectivity index (χ2n) is 3.89. The molecule has 0 unspecified atom stereocenters. The van der Waals surface area contributed by atoms with Gasteiger partial charge >= 0.3 is 6.18 Å². The molecule has 1 aliphatic rings. The molecule has 0 bridgehead atoms. The fraction of sp³-hybridized carbons (Fsp3) is 0.700. The van der Waals surface area contributed by atoms with E-state index in [4.69, 9.17) is 11.6 Å². The van der Waals surface area contributed by atoms with Crippen molar-refractivity contribution < 1.29 is 13.2 Å². The summed E-state index contributed by atoms with van der Waals surface area (Å²) in [5, 5.41) is 3.66. The van der Waals surface area contributed by atoms with E-state index in [-0.39, 0.29) is 5.88 Å². The van der Waals surface area contributed by atoms with Crippen molar-refractivity contribution in [1.29, 1.82) is 0 Å². The fourth-order valence-electron chi connectivity index (χ4n) is 2.16. The minimum Gasteiger partial charge on any atom is -0.268 e. The van der Waals surface area contributed by atoms with E-state index in [1.165, 1.54) is 4.68 Å². The molecular formula is C10H12ClF3N2. The van der Waals surface area contributed by atoms with E-state index in [1.54, 1.807) is 0 Å². The highest BCUT2D eigenvalue weighted by atomic mass is 35.5. The standard InChI is InChI=1S/C10H12ClF3N2/c11-5-6-16-8-4-2-1-3-7(8)9(15-16)10(12,13)14/h1-6H2. The van der Waals surface area contributed by atoms with E-state index >= 15 is 0 Å². The van der Waals surface area contributed by atoms with Crippen LogP contribution in [0.2, 0.25) is 0 Å². The molecule has 90 valence electrons. The van der Waals surface area contributed by atoms with Gasteiger partial charge in [-0.25, -0.2) is 0 Å². The summed E-state index contributed by atoms with van der Waals surface area (Å²) in [6, 6.07) is 0. The Kier molecular flexibility index (Phi) is 3.15. The van der Waals surface area contributed by atoms with Crippen LogP contribution in [0.4, 0.5) is 13.2 Å². The lowest BCUT2D eigenvalue weighted by Gasteiger charge is -2.14. The quantitative estimate of drug-likeness (QED) is 0.740. The van der Waals surface area contributed by atoms with Gasteiger partial charge in [-0.05, 0) is 25.7 Å². The Morgan fingerprint density at radius 1 is 1.25 bits per heavy atom. The van der Waals surface area contributed by atoms with Gasteiger partial charge in [-0.3, -0.25) is 4.68 Å². The zero-order valence-corrected chi connectivity index (χ0v) is 9.40. The van der Waals surface area contributed by atoms with Gasteiger partial charge in [0, 0.05) is 17.1 Å². The number of rotatable bonds is 2. The van der Waals surface area contributed by atoms with Gasteiger partial charge < -0.3 is 0 Å². The van der Waals surface area contributed by atoms with E-state index in [9.17, 15) is 13.2 Å². The predicted octanol–water partition coefficient (Wildman–Crippen LogP) is 3.02. The Morgan fingerprint density at radius 2 is 1.94 bits per heavy atom. The zero-order valence-electron chi connectivity index (χ0n) is 8.65. The second kappa shape index (κ2) is 4.28. The van der Waals surface area contributed by atoms with E-state index in [2.05, 4.69) is 5.10 Å². The summed E-state index contributed by atoms with van der Waals surface area (Å²) in [7, 11) is 0. The molecule has 6 heteroatoms. The number of hydrogen-bond acceptors (Lipinski definition) is 1. The molecule has 0 amide bonds. The highest BCUT2D eigenvalue weighted by Gasteiger charge is 2.39. The average Bonchev–Trinajstić information content (AvgIpc) is 2.58. The minimum atomic E-state index is -4.35. The van der Waals surface area contributed by atoms with Crippen molar-refractivity contribution in [3.8, 4) is 0 Å². The summed E-state index contributed by atoms with van der Waals surface area (Å²) in [5.74, 6) is 0.283. The first-order valence-corrected chi connectivity index (χ1v) is 5.79. The van der Waals surface area contributed by atoms with Gasteiger partial charge in [-0.15, -0.1) is 11.6 Å². The van der Waals surface area contributed by atoms with Gasteiger partial charge in [0.05, 0.1) is 6.54 Å². The summed E-state index contributed by atoms with van der Waals surface area (Å²) < 4.78 is 39.6. The van der Waals surface area contributed by atoms with E-state index in [1.807, 2.05) is 0 Å². The molecule has 1 heterocycles. The molecule has 0 atom stereocenters. The van der Waals surface area contributed by atoms with Crippen molar-refractivity contribution in [3.05, 3.63) is 17.0 Å². The van der Waals surface area contributed by atoms with Crippen LogP contribution in [0.25, 0.3) is 0 Å². The molecule has 0 aromatic carbocycles. The largest absolute Gasteiger partial charge is 0.435 e. The van der Waals surface area contributed by atoms with Crippen LogP contribution in [0.15, 0.2) is 0 Å². The van der Waals surface area contributed by atoms with Crippen molar-refractivity contribution >= 4 is 11.6 Å². The number of alkyl halides is 4. The molecule has 1 aromatic rings. The number of halogens is 4. The summed E-state index contributed by atoms with van der Waals surface area (Å²) in [6.45, 7) is 0.347. The van der Waals surface area contributed by atoms with E-state index < -0.39 is 11.9 Å².